The maximum Gasteiger partial charge on any atom is 0.224 e. The second kappa shape index (κ2) is 8.48. The lowest BCUT2D eigenvalue weighted by Gasteiger charge is -2.29. The number of ether oxygens (including phenoxy) is 1. The molecule has 0 radical (unpaired) electrons. The third kappa shape index (κ3) is 4.94. The first kappa shape index (κ1) is 15.4. The Kier molecular flexibility index (Phi) is 7.28. The van der Waals surface area contributed by atoms with E-state index in [4.69, 9.17) is 4.74 Å². The molecule has 1 unspecified atom stereocenters. The highest BCUT2D eigenvalue weighted by molar-refractivity contribution is 5.76. The molecule has 1 rings (SSSR count). The third-order valence-corrected chi connectivity index (χ3v) is 3.79. The normalized spacial score (nSPS) is 20.1. The first-order valence-electron chi connectivity index (χ1n) is 7.30. The average Bonchev–Trinajstić information content (AvgIpc) is 2.41. The molecule has 1 heterocycles. The summed E-state index contributed by atoms with van der Waals surface area (Å²) >= 11 is 0. The Morgan fingerprint density at radius 2 is 2.11 bits per heavy atom. The van der Waals surface area contributed by atoms with E-state index in [0.717, 1.165) is 39.1 Å². The lowest BCUT2D eigenvalue weighted by Crippen LogP contribution is -2.45. The van der Waals surface area contributed by atoms with Crippen molar-refractivity contribution in [3.8, 4) is 0 Å². The number of morpholine rings is 1. The summed E-state index contributed by atoms with van der Waals surface area (Å²) < 4.78 is 5.39. The highest BCUT2D eigenvalue weighted by Crippen LogP contribution is 2.11. The predicted molar refractivity (Wildman–Crippen MR) is 73.6 cm³/mol. The largest absolute Gasteiger partial charge is 0.378 e. The molecular weight excluding hydrogens is 228 g/mol. The average molecular weight is 256 g/mol. The Morgan fingerprint density at radius 3 is 2.61 bits per heavy atom. The van der Waals surface area contributed by atoms with Crippen molar-refractivity contribution in [3.63, 3.8) is 0 Å². The Hall–Kier alpha value is -0.610. The van der Waals surface area contributed by atoms with E-state index in [1.165, 1.54) is 0 Å². The summed E-state index contributed by atoms with van der Waals surface area (Å²) in [5.74, 6) is 0.886. The van der Waals surface area contributed by atoms with E-state index >= 15 is 0 Å². The van der Waals surface area contributed by atoms with Gasteiger partial charge < -0.3 is 15.0 Å². The van der Waals surface area contributed by atoms with E-state index in [-0.39, 0.29) is 11.9 Å². The van der Waals surface area contributed by atoms with Gasteiger partial charge in [0.2, 0.25) is 5.91 Å². The molecule has 106 valence electrons. The van der Waals surface area contributed by atoms with Crippen molar-refractivity contribution in [2.24, 2.45) is 5.92 Å². The van der Waals surface area contributed by atoms with Gasteiger partial charge in [0.05, 0.1) is 13.2 Å². The minimum atomic E-state index is 0.196. The summed E-state index contributed by atoms with van der Waals surface area (Å²) in [6.45, 7) is 10.4. The summed E-state index contributed by atoms with van der Waals surface area (Å²) in [7, 11) is 0. The molecule has 1 atom stereocenters. The Morgan fingerprint density at radius 1 is 1.39 bits per heavy atom. The van der Waals surface area contributed by atoms with Crippen LogP contribution in [-0.4, -0.2) is 49.7 Å². The van der Waals surface area contributed by atoms with Crippen LogP contribution in [0.4, 0.5) is 0 Å². The number of hydrogen-bond donors (Lipinski definition) is 1. The van der Waals surface area contributed by atoms with Crippen LogP contribution in [0, 0.1) is 5.92 Å². The smallest absolute Gasteiger partial charge is 0.224 e. The molecule has 4 nitrogen and oxygen atoms in total. The fourth-order valence-electron chi connectivity index (χ4n) is 2.36. The van der Waals surface area contributed by atoms with E-state index < -0.39 is 0 Å². The maximum atomic E-state index is 12.2. The molecule has 0 aromatic rings. The fraction of sp³-hybridized carbons (Fsp3) is 0.929. The van der Waals surface area contributed by atoms with Crippen molar-refractivity contribution in [1.29, 1.82) is 0 Å². The SMILES string of the molecule is CCC(CC)CN(CC)C(=O)CC1COCCN1. The van der Waals surface area contributed by atoms with Crippen LogP contribution in [0.5, 0.6) is 0 Å². The zero-order chi connectivity index (χ0) is 13.4. The molecule has 1 aliphatic heterocycles. The standard InChI is InChI=1S/C14H28N2O2/c1-4-12(5-2)10-16(6-3)14(17)9-13-11-18-8-7-15-13/h12-13,15H,4-11H2,1-3H3. The monoisotopic (exact) mass is 256 g/mol. The van der Waals surface area contributed by atoms with Gasteiger partial charge in [-0.15, -0.1) is 0 Å². The summed E-state index contributed by atoms with van der Waals surface area (Å²) in [4.78, 5) is 14.2. The second-order valence-corrected chi connectivity index (χ2v) is 5.04. The van der Waals surface area contributed by atoms with Crippen LogP contribution in [0.1, 0.15) is 40.0 Å². The van der Waals surface area contributed by atoms with Crippen molar-refractivity contribution >= 4 is 5.91 Å². The number of carbonyl (C=O) groups is 1. The van der Waals surface area contributed by atoms with Crippen molar-refractivity contribution in [2.45, 2.75) is 46.1 Å². The van der Waals surface area contributed by atoms with Gasteiger partial charge in [-0.2, -0.15) is 0 Å². The van der Waals surface area contributed by atoms with E-state index in [9.17, 15) is 4.79 Å². The van der Waals surface area contributed by atoms with Crippen molar-refractivity contribution in [1.82, 2.24) is 10.2 Å². The first-order chi connectivity index (χ1) is 8.71. The first-order valence-corrected chi connectivity index (χ1v) is 7.30. The van der Waals surface area contributed by atoms with Gasteiger partial charge in [-0.25, -0.2) is 0 Å². The summed E-state index contributed by atoms with van der Waals surface area (Å²) in [6, 6.07) is 0.196. The Labute approximate surface area is 111 Å². The van der Waals surface area contributed by atoms with Gasteiger partial charge in [0.25, 0.3) is 0 Å². The van der Waals surface area contributed by atoms with Crippen molar-refractivity contribution < 1.29 is 9.53 Å². The van der Waals surface area contributed by atoms with Gasteiger partial charge in [0.1, 0.15) is 0 Å². The fourth-order valence-corrected chi connectivity index (χ4v) is 2.36. The molecule has 0 spiro atoms. The molecule has 0 aliphatic carbocycles. The molecular formula is C14H28N2O2. The lowest BCUT2D eigenvalue weighted by atomic mass is 10.0. The molecule has 18 heavy (non-hydrogen) atoms. The highest BCUT2D eigenvalue weighted by Gasteiger charge is 2.21. The van der Waals surface area contributed by atoms with Crippen molar-refractivity contribution in [3.05, 3.63) is 0 Å². The van der Waals surface area contributed by atoms with Gasteiger partial charge in [0, 0.05) is 32.1 Å². The van der Waals surface area contributed by atoms with Crippen molar-refractivity contribution in [2.75, 3.05) is 32.8 Å². The van der Waals surface area contributed by atoms with Gasteiger partial charge in [-0.05, 0) is 12.8 Å². The number of carbonyl (C=O) groups excluding carboxylic acids is 1. The van der Waals surface area contributed by atoms with Crippen LogP contribution >= 0.6 is 0 Å². The van der Waals surface area contributed by atoms with Crippen LogP contribution < -0.4 is 5.32 Å². The highest BCUT2D eigenvalue weighted by atomic mass is 16.5. The number of hydrogen-bond acceptors (Lipinski definition) is 3. The van der Waals surface area contributed by atoms with E-state index in [0.29, 0.717) is 18.9 Å². The lowest BCUT2D eigenvalue weighted by molar-refractivity contribution is -0.133. The molecule has 1 saturated heterocycles. The minimum Gasteiger partial charge on any atom is -0.378 e. The number of nitrogens with zero attached hydrogens (tertiary/aromatic N) is 1. The molecule has 1 aliphatic rings. The third-order valence-electron chi connectivity index (χ3n) is 3.79. The molecule has 0 bridgehead atoms. The van der Waals surface area contributed by atoms with E-state index in [1.54, 1.807) is 0 Å². The summed E-state index contributed by atoms with van der Waals surface area (Å²) in [5.41, 5.74) is 0. The van der Waals surface area contributed by atoms with Crippen LogP contribution in [-0.2, 0) is 9.53 Å². The zero-order valence-corrected chi connectivity index (χ0v) is 12.1. The van der Waals surface area contributed by atoms with Gasteiger partial charge in [-0.3, -0.25) is 4.79 Å². The van der Waals surface area contributed by atoms with Crippen LogP contribution in [0.15, 0.2) is 0 Å². The van der Waals surface area contributed by atoms with Crippen LogP contribution in [0.25, 0.3) is 0 Å². The quantitative estimate of drug-likeness (QED) is 0.753. The van der Waals surface area contributed by atoms with Gasteiger partial charge in [-0.1, -0.05) is 26.7 Å². The molecule has 1 amide bonds. The molecule has 0 aromatic heterocycles. The predicted octanol–water partition coefficient (Wildman–Crippen LogP) is 1.65. The number of rotatable bonds is 7. The van der Waals surface area contributed by atoms with Gasteiger partial charge >= 0.3 is 0 Å². The van der Waals surface area contributed by atoms with Gasteiger partial charge in [0.15, 0.2) is 0 Å². The summed E-state index contributed by atoms with van der Waals surface area (Å²) in [6.07, 6.45) is 2.85. The topological polar surface area (TPSA) is 41.6 Å². The minimum absolute atomic E-state index is 0.196. The molecule has 1 fully saturated rings. The maximum absolute atomic E-state index is 12.2. The zero-order valence-electron chi connectivity index (χ0n) is 12.1. The van der Waals surface area contributed by atoms with E-state index in [1.807, 2.05) is 4.90 Å². The summed E-state index contributed by atoms with van der Waals surface area (Å²) in [5, 5.41) is 3.34. The van der Waals surface area contributed by atoms with Crippen LogP contribution in [0.2, 0.25) is 0 Å². The number of amides is 1. The van der Waals surface area contributed by atoms with Crippen LogP contribution in [0.3, 0.4) is 0 Å². The molecule has 4 heteroatoms. The Balaban J connectivity index is 2.40. The molecule has 1 N–H and O–H groups in total. The van der Waals surface area contributed by atoms with E-state index in [2.05, 4.69) is 26.1 Å². The Bertz CT molecular complexity index is 236. The second-order valence-electron chi connectivity index (χ2n) is 5.04. The molecule has 0 saturated carbocycles. The molecule has 0 aromatic carbocycles. The number of nitrogens with one attached hydrogen (secondary N) is 1.